The number of nitrogens with zero attached hydrogens (tertiary/aromatic N) is 3. The number of benzene rings is 1. The van der Waals surface area contributed by atoms with Gasteiger partial charge in [-0.25, -0.2) is 14.8 Å². The van der Waals surface area contributed by atoms with E-state index in [0.29, 0.717) is 43.7 Å². The van der Waals surface area contributed by atoms with E-state index in [-0.39, 0.29) is 24.3 Å². The van der Waals surface area contributed by atoms with Crippen LogP contribution in [0.1, 0.15) is 89.8 Å². The summed E-state index contributed by atoms with van der Waals surface area (Å²) >= 11 is 1.54. The highest BCUT2D eigenvalue weighted by atomic mass is 32.1. The third kappa shape index (κ3) is 8.09. The number of hydrogen-bond acceptors (Lipinski definition) is 9. The summed E-state index contributed by atoms with van der Waals surface area (Å²) in [7, 11) is 3.44. The quantitative estimate of drug-likeness (QED) is 0.103. The Hall–Kier alpha value is -3.99. The van der Waals surface area contributed by atoms with Crippen LogP contribution in [0.3, 0.4) is 0 Å². The topological polar surface area (TPSA) is 120 Å². The predicted molar refractivity (Wildman–Crippen MR) is 192 cm³/mol. The fraction of sp³-hybridized carbons (Fsp3) is 0.553. The molecule has 11 heteroatoms. The maximum atomic E-state index is 14.0. The zero-order valence-electron chi connectivity index (χ0n) is 29.8. The molecule has 0 saturated heterocycles. The van der Waals surface area contributed by atoms with Gasteiger partial charge in [-0.2, -0.15) is 0 Å². The summed E-state index contributed by atoms with van der Waals surface area (Å²) in [5, 5.41) is 6.65. The zero-order valence-corrected chi connectivity index (χ0v) is 30.7. The summed E-state index contributed by atoms with van der Waals surface area (Å²) in [6.45, 7) is 10.8. The monoisotopic (exact) mass is 690 g/mol. The first-order chi connectivity index (χ1) is 23.5. The molecule has 2 heterocycles. The third-order valence-corrected chi connectivity index (χ3v) is 10.6. The first kappa shape index (κ1) is 36.3. The molecule has 2 aliphatic rings. The number of pyridine rings is 1. The Balaban J connectivity index is 1.44. The van der Waals surface area contributed by atoms with Gasteiger partial charge in [-0.15, -0.1) is 11.3 Å². The van der Waals surface area contributed by atoms with E-state index in [2.05, 4.69) is 30.6 Å². The fourth-order valence-corrected chi connectivity index (χ4v) is 7.52. The SMILES string of the molecule is C/C=C\CCCCN(C)C(=O)[C@@H]1C[C@H](Oc2cc(-c3nc(C(C)C)cs3)nc3c(C)c(OC)ccc23)C[C@H]1C(=O)NC1(C(=O)OCC)CC1. The maximum absolute atomic E-state index is 14.0. The number of carbonyl (C=O) groups is 3. The van der Waals surface area contributed by atoms with Gasteiger partial charge in [0.25, 0.3) is 0 Å². The summed E-state index contributed by atoms with van der Waals surface area (Å²) in [5.74, 6) is -0.431. The number of fused-ring (bicyclic) bond motifs is 1. The Kier molecular flexibility index (Phi) is 11.6. The molecule has 2 fully saturated rings. The molecule has 0 aliphatic heterocycles. The number of methoxy groups -OCH3 is 1. The summed E-state index contributed by atoms with van der Waals surface area (Å²) in [6.07, 6.45) is 8.30. The van der Waals surface area contributed by atoms with E-state index in [4.69, 9.17) is 24.2 Å². The van der Waals surface area contributed by atoms with E-state index in [1.165, 1.54) is 0 Å². The van der Waals surface area contributed by atoms with Crippen LogP contribution in [0.5, 0.6) is 11.5 Å². The van der Waals surface area contributed by atoms with E-state index in [1.807, 2.05) is 38.1 Å². The standard InChI is InChI=1S/C38H50N4O6S/c1-8-10-11-12-13-18-42(6)36(44)28-20-25(19-27(28)34(43)41-38(16-17-38)37(45)47-9-2)48-32-21-29(35-40-30(22-49-35)23(3)4)39-33-24(5)31(46-7)15-14-26(32)33/h8,10,14-15,21-23,25,27-28H,9,11-13,16-20H2,1-7H3,(H,41,43)/b10-8-/t25-,27-,28-/m1/s1. The lowest BCUT2D eigenvalue weighted by atomic mass is 9.93. The summed E-state index contributed by atoms with van der Waals surface area (Å²) in [6, 6.07) is 5.76. The molecule has 0 radical (unpaired) electrons. The van der Waals surface area contributed by atoms with Gasteiger partial charge in [-0.1, -0.05) is 26.0 Å². The van der Waals surface area contributed by atoms with Crippen molar-refractivity contribution >= 4 is 40.0 Å². The highest BCUT2D eigenvalue weighted by molar-refractivity contribution is 7.13. The van der Waals surface area contributed by atoms with E-state index < -0.39 is 29.4 Å². The molecule has 10 nitrogen and oxygen atoms in total. The average Bonchev–Trinajstić information content (AvgIpc) is 3.48. The first-order valence-electron chi connectivity index (χ1n) is 17.5. The van der Waals surface area contributed by atoms with Crippen LogP contribution in [0.4, 0.5) is 0 Å². The number of aromatic nitrogens is 2. The predicted octanol–water partition coefficient (Wildman–Crippen LogP) is 6.99. The Bertz CT molecular complexity index is 1700. The normalized spacial score (nSPS) is 19.7. The molecular weight excluding hydrogens is 641 g/mol. The lowest BCUT2D eigenvalue weighted by Gasteiger charge is -2.26. The van der Waals surface area contributed by atoms with Crippen LogP contribution in [0.15, 0.2) is 35.7 Å². The molecule has 1 N–H and O–H groups in total. The van der Waals surface area contributed by atoms with Gasteiger partial charge in [0.1, 0.15) is 33.8 Å². The number of rotatable bonds is 15. The van der Waals surface area contributed by atoms with Crippen molar-refractivity contribution in [2.24, 2.45) is 11.8 Å². The maximum Gasteiger partial charge on any atom is 0.331 e. The van der Waals surface area contributed by atoms with Crippen LogP contribution in [0.2, 0.25) is 0 Å². The Morgan fingerprint density at radius 3 is 2.53 bits per heavy atom. The highest BCUT2D eigenvalue weighted by Gasteiger charge is 2.55. The molecule has 2 aromatic heterocycles. The van der Waals surface area contributed by atoms with Crippen LogP contribution < -0.4 is 14.8 Å². The minimum absolute atomic E-state index is 0.0804. The Labute approximate surface area is 293 Å². The second kappa shape index (κ2) is 15.7. The number of nitrogens with one attached hydrogen (secondary N) is 1. The van der Waals surface area contributed by atoms with Gasteiger partial charge in [0.2, 0.25) is 11.8 Å². The molecule has 5 rings (SSSR count). The van der Waals surface area contributed by atoms with E-state index in [9.17, 15) is 14.4 Å². The van der Waals surface area contributed by atoms with E-state index in [0.717, 1.165) is 52.2 Å². The van der Waals surface area contributed by atoms with Gasteiger partial charge in [0.05, 0.1) is 36.8 Å². The van der Waals surface area contributed by atoms with Crippen LogP contribution in [0.25, 0.3) is 21.6 Å². The fourth-order valence-electron chi connectivity index (χ4n) is 6.58. The van der Waals surface area contributed by atoms with E-state index in [1.54, 1.807) is 37.3 Å². The molecule has 0 spiro atoms. The van der Waals surface area contributed by atoms with Gasteiger partial charge in [0, 0.05) is 36.0 Å². The number of carbonyl (C=O) groups excluding carboxylic acids is 3. The van der Waals surface area contributed by atoms with Crippen molar-refractivity contribution in [2.75, 3.05) is 27.3 Å². The smallest absolute Gasteiger partial charge is 0.331 e. The van der Waals surface area contributed by atoms with Crippen molar-refractivity contribution in [1.29, 1.82) is 0 Å². The molecule has 2 saturated carbocycles. The Morgan fingerprint density at radius 2 is 1.88 bits per heavy atom. The number of aryl methyl sites for hydroxylation is 1. The van der Waals surface area contributed by atoms with Gasteiger partial charge in [-0.3, -0.25) is 9.59 Å². The van der Waals surface area contributed by atoms with Crippen molar-refractivity contribution in [3.05, 3.63) is 47.0 Å². The highest BCUT2D eigenvalue weighted by Crippen LogP contribution is 2.43. The van der Waals surface area contributed by atoms with Gasteiger partial charge in [0.15, 0.2) is 0 Å². The number of amides is 2. The van der Waals surface area contributed by atoms with Crippen LogP contribution >= 0.6 is 11.3 Å². The second-order valence-electron chi connectivity index (χ2n) is 13.6. The molecule has 3 aromatic rings. The average molecular weight is 691 g/mol. The number of allylic oxidation sites excluding steroid dienone is 2. The molecule has 2 amide bonds. The Morgan fingerprint density at radius 1 is 1.12 bits per heavy atom. The van der Waals surface area contributed by atoms with Crippen LogP contribution in [0, 0.1) is 18.8 Å². The largest absolute Gasteiger partial charge is 0.496 e. The molecular formula is C38H50N4O6S. The molecule has 0 bridgehead atoms. The minimum atomic E-state index is -1.01. The van der Waals surface area contributed by atoms with Crippen LogP contribution in [-0.2, 0) is 19.1 Å². The molecule has 2 aliphatic carbocycles. The van der Waals surface area contributed by atoms with Gasteiger partial charge < -0.3 is 24.4 Å². The third-order valence-electron chi connectivity index (χ3n) is 9.67. The lowest BCUT2D eigenvalue weighted by Crippen LogP contribution is -2.48. The number of hydrogen-bond donors (Lipinski definition) is 1. The number of thiazole rings is 1. The van der Waals surface area contributed by atoms with Crippen molar-refractivity contribution in [3.63, 3.8) is 0 Å². The molecule has 264 valence electrons. The summed E-state index contributed by atoms with van der Waals surface area (Å²) in [4.78, 5) is 52.2. The molecule has 0 unspecified atom stereocenters. The van der Waals surface area contributed by atoms with Crippen molar-refractivity contribution in [3.8, 4) is 22.2 Å². The van der Waals surface area contributed by atoms with Crippen molar-refractivity contribution in [1.82, 2.24) is 20.2 Å². The van der Waals surface area contributed by atoms with Crippen LogP contribution in [-0.4, -0.2) is 71.6 Å². The van der Waals surface area contributed by atoms with Gasteiger partial charge >= 0.3 is 5.97 Å². The molecule has 49 heavy (non-hydrogen) atoms. The number of ether oxygens (including phenoxy) is 3. The summed E-state index contributed by atoms with van der Waals surface area (Å²) < 4.78 is 17.7. The minimum Gasteiger partial charge on any atom is -0.496 e. The molecule has 3 atom stereocenters. The second-order valence-corrected chi connectivity index (χ2v) is 14.4. The van der Waals surface area contributed by atoms with E-state index >= 15 is 0 Å². The van der Waals surface area contributed by atoms with Crippen molar-refractivity contribution in [2.45, 2.75) is 97.1 Å². The summed E-state index contributed by atoms with van der Waals surface area (Å²) in [5.41, 5.74) is 2.32. The molecule has 1 aromatic carbocycles. The lowest BCUT2D eigenvalue weighted by molar-refractivity contribution is -0.149. The first-order valence-corrected chi connectivity index (χ1v) is 18.4. The zero-order chi connectivity index (χ0) is 35.3. The number of unbranched alkanes of at least 4 members (excludes halogenated alkanes) is 2. The van der Waals surface area contributed by atoms with Gasteiger partial charge in [-0.05, 0) is 83.8 Å². The number of esters is 1. The van der Waals surface area contributed by atoms with Crippen molar-refractivity contribution < 1.29 is 28.6 Å².